The van der Waals surface area contributed by atoms with E-state index < -0.39 is 0 Å². The average molecular weight is 456 g/mol. The van der Waals surface area contributed by atoms with Crippen molar-refractivity contribution >= 4 is 34.6 Å². The summed E-state index contributed by atoms with van der Waals surface area (Å²) in [4.78, 5) is 17.7. The van der Waals surface area contributed by atoms with Crippen molar-refractivity contribution in [2.24, 2.45) is 5.10 Å². The van der Waals surface area contributed by atoms with E-state index in [0.29, 0.717) is 28.9 Å². The number of ether oxygens (including phenoxy) is 1. The van der Waals surface area contributed by atoms with E-state index in [9.17, 15) is 4.79 Å². The fourth-order valence-corrected chi connectivity index (χ4v) is 3.78. The Morgan fingerprint density at radius 2 is 1.82 bits per heavy atom. The molecule has 3 aromatic carbocycles. The zero-order valence-corrected chi connectivity index (χ0v) is 18.6. The van der Waals surface area contributed by atoms with Gasteiger partial charge < -0.3 is 4.74 Å². The number of amides is 1. The van der Waals surface area contributed by atoms with Crippen molar-refractivity contribution in [3.05, 3.63) is 106 Å². The molecular weight excluding hydrogens is 434 g/mol. The predicted octanol–water partition coefficient (Wildman–Crippen LogP) is 6.11. The first-order valence-electron chi connectivity index (χ1n) is 10.9. The minimum atomic E-state index is -0.258. The Bertz CT molecular complexity index is 1330. The molecule has 1 amide bonds. The van der Waals surface area contributed by atoms with Gasteiger partial charge in [0.25, 0.3) is 5.91 Å². The molecule has 0 atom stereocenters. The third-order valence-corrected chi connectivity index (χ3v) is 5.82. The SMILES string of the molecule is O=C(N/N=C\c1ccccc1OCc1ccc(Cl)cc1)c1cc(C2CC2)nc2ccccc12. The first-order valence-corrected chi connectivity index (χ1v) is 11.2. The van der Waals surface area contributed by atoms with Gasteiger partial charge in [0.05, 0.1) is 17.3 Å². The van der Waals surface area contributed by atoms with Gasteiger partial charge >= 0.3 is 0 Å². The first-order chi connectivity index (χ1) is 16.2. The summed E-state index contributed by atoms with van der Waals surface area (Å²) in [5.74, 6) is 0.872. The Kier molecular flexibility index (Phi) is 6.05. The van der Waals surface area contributed by atoms with E-state index in [-0.39, 0.29) is 5.91 Å². The lowest BCUT2D eigenvalue weighted by molar-refractivity contribution is 0.0956. The quantitative estimate of drug-likeness (QED) is 0.270. The highest BCUT2D eigenvalue weighted by Crippen LogP contribution is 2.40. The zero-order valence-electron chi connectivity index (χ0n) is 17.9. The number of benzene rings is 3. The molecule has 1 aliphatic carbocycles. The predicted molar refractivity (Wildman–Crippen MR) is 131 cm³/mol. The Balaban J connectivity index is 1.31. The second-order valence-electron chi connectivity index (χ2n) is 8.04. The summed E-state index contributed by atoms with van der Waals surface area (Å²) in [7, 11) is 0. The number of hydrazone groups is 1. The Morgan fingerprint density at radius 3 is 2.64 bits per heavy atom. The lowest BCUT2D eigenvalue weighted by Crippen LogP contribution is -2.18. The largest absolute Gasteiger partial charge is 0.488 e. The molecule has 1 saturated carbocycles. The van der Waals surface area contributed by atoms with E-state index in [1.165, 1.54) is 0 Å². The van der Waals surface area contributed by atoms with Crippen molar-refractivity contribution in [1.82, 2.24) is 10.4 Å². The molecule has 1 aliphatic rings. The number of aromatic nitrogens is 1. The Hall–Kier alpha value is -3.70. The molecule has 0 bridgehead atoms. The van der Waals surface area contributed by atoms with Crippen molar-refractivity contribution in [2.45, 2.75) is 25.4 Å². The van der Waals surface area contributed by atoms with Gasteiger partial charge in [0.1, 0.15) is 12.4 Å². The van der Waals surface area contributed by atoms with Crippen molar-refractivity contribution in [2.75, 3.05) is 0 Å². The van der Waals surface area contributed by atoms with Crippen LogP contribution in [0.15, 0.2) is 84.0 Å². The van der Waals surface area contributed by atoms with Crippen LogP contribution in [0.5, 0.6) is 5.75 Å². The van der Waals surface area contributed by atoms with Gasteiger partial charge in [-0.25, -0.2) is 5.43 Å². The molecule has 1 aromatic heterocycles. The molecular formula is C27H22ClN3O2. The summed E-state index contributed by atoms with van der Waals surface area (Å²) >= 11 is 5.94. The summed E-state index contributed by atoms with van der Waals surface area (Å²) in [6, 6.07) is 24.7. The number of rotatable bonds is 7. The van der Waals surface area contributed by atoms with E-state index in [0.717, 1.165) is 40.6 Å². The fraction of sp³-hybridized carbons (Fsp3) is 0.148. The van der Waals surface area contributed by atoms with Crippen LogP contribution in [0.2, 0.25) is 5.02 Å². The number of hydrogen-bond acceptors (Lipinski definition) is 4. The van der Waals surface area contributed by atoms with Gasteiger partial charge in [0.2, 0.25) is 0 Å². The first kappa shape index (κ1) is 21.2. The summed E-state index contributed by atoms with van der Waals surface area (Å²) in [6.45, 7) is 0.404. The third-order valence-electron chi connectivity index (χ3n) is 5.57. The lowest BCUT2D eigenvalue weighted by atomic mass is 10.1. The number of pyridine rings is 1. The van der Waals surface area contributed by atoms with Gasteiger partial charge in [-0.2, -0.15) is 5.10 Å². The van der Waals surface area contributed by atoms with E-state index in [2.05, 4.69) is 10.5 Å². The van der Waals surface area contributed by atoms with Gasteiger partial charge in [0.15, 0.2) is 0 Å². The van der Waals surface area contributed by atoms with Crippen molar-refractivity contribution in [1.29, 1.82) is 0 Å². The molecule has 4 aromatic rings. The highest BCUT2D eigenvalue weighted by atomic mass is 35.5. The number of carbonyl (C=O) groups is 1. The normalized spacial score (nSPS) is 13.4. The van der Waals surface area contributed by atoms with Crippen molar-refractivity contribution in [3.63, 3.8) is 0 Å². The highest BCUT2D eigenvalue weighted by Gasteiger charge is 2.26. The lowest BCUT2D eigenvalue weighted by Gasteiger charge is -2.10. The van der Waals surface area contributed by atoms with Gasteiger partial charge in [-0.3, -0.25) is 9.78 Å². The number of carbonyl (C=O) groups excluding carboxylic acids is 1. The van der Waals surface area contributed by atoms with Crippen LogP contribution < -0.4 is 10.2 Å². The highest BCUT2D eigenvalue weighted by molar-refractivity contribution is 6.30. The fourth-order valence-electron chi connectivity index (χ4n) is 3.65. The van der Waals surface area contributed by atoms with Crippen LogP contribution in [0, 0.1) is 0 Å². The van der Waals surface area contributed by atoms with Crippen LogP contribution in [0.1, 0.15) is 45.9 Å². The van der Waals surface area contributed by atoms with Crippen molar-refractivity contribution < 1.29 is 9.53 Å². The van der Waals surface area contributed by atoms with E-state index in [1.807, 2.05) is 78.9 Å². The van der Waals surface area contributed by atoms with Crippen LogP contribution >= 0.6 is 11.6 Å². The number of hydrogen-bond donors (Lipinski definition) is 1. The number of nitrogens with one attached hydrogen (secondary N) is 1. The molecule has 0 saturated heterocycles. The summed E-state index contributed by atoms with van der Waals surface area (Å²) < 4.78 is 5.96. The minimum Gasteiger partial charge on any atom is -0.488 e. The average Bonchev–Trinajstić information content (AvgIpc) is 3.69. The number of para-hydroxylation sites is 2. The minimum absolute atomic E-state index is 0.258. The maximum atomic E-state index is 13.0. The molecule has 1 N–H and O–H groups in total. The molecule has 164 valence electrons. The maximum absolute atomic E-state index is 13.0. The van der Waals surface area contributed by atoms with Gasteiger partial charge in [-0.15, -0.1) is 0 Å². The van der Waals surface area contributed by atoms with Crippen LogP contribution in [-0.4, -0.2) is 17.1 Å². The molecule has 0 unspecified atom stereocenters. The molecule has 33 heavy (non-hydrogen) atoms. The van der Waals surface area contributed by atoms with Gasteiger partial charge in [-0.05, 0) is 54.8 Å². The van der Waals surface area contributed by atoms with Crippen LogP contribution in [0.3, 0.4) is 0 Å². The van der Waals surface area contributed by atoms with E-state index in [4.69, 9.17) is 21.3 Å². The zero-order chi connectivity index (χ0) is 22.6. The molecule has 0 aliphatic heterocycles. The Morgan fingerprint density at radius 1 is 1.06 bits per heavy atom. The molecule has 0 spiro atoms. The summed E-state index contributed by atoms with van der Waals surface area (Å²) in [6.07, 6.45) is 3.84. The topological polar surface area (TPSA) is 63.6 Å². The summed E-state index contributed by atoms with van der Waals surface area (Å²) in [5, 5.41) is 5.71. The molecule has 1 heterocycles. The van der Waals surface area contributed by atoms with Crippen LogP contribution in [0.25, 0.3) is 10.9 Å². The van der Waals surface area contributed by atoms with Crippen molar-refractivity contribution in [3.8, 4) is 5.75 Å². The number of nitrogens with zero attached hydrogens (tertiary/aromatic N) is 2. The molecule has 0 radical (unpaired) electrons. The smallest absolute Gasteiger partial charge is 0.272 e. The Labute approximate surface area is 197 Å². The second-order valence-corrected chi connectivity index (χ2v) is 8.47. The number of fused-ring (bicyclic) bond motifs is 1. The van der Waals surface area contributed by atoms with E-state index >= 15 is 0 Å². The molecule has 1 fully saturated rings. The molecule has 5 nitrogen and oxygen atoms in total. The monoisotopic (exact) mass is 455 g/mol. The standard InChI is InChI=1S/C27H22ClN3O2/c28-21-13-9-18(10-14-21)17-33-26-8-4-1-5-20(26)16-29-31-27(32)23-15-25(19-11-12-19)30-24-7-3-2-6-22(23)24/h1-10,13-16,19H,11-12,17H2,(H,31,32)/b29-16-. The number of halogens is 1. The summed E-state index contributed by atoms with van der Waals surface area (Å²) in [5.41, 5.74) is 6.84. The van der Waals surface area contributed by atoms with E-state index in [1.54, 1.807) is 6.21 Å². The van der Waals surface area contributed by atoms with Gasteiger partial charge in [0, 0.05) is 27.6 Å². The molecule has 6 heteroatoms. The maximum Gasteiger partial charge on any atom is 0.272 e. The van der Waals surface area contributed by atoms with Crippen LogP contribution in [-0.2, 0) is 6.61 Å². The molecule has 5 rings (SSSR count). The third kappa shape index (κ3) is 5.04. The van der Waals surface area contributed by atoms with Gasteiger partial charge in [-0.1, -0.05) is 54.1 Å². The second kappa shape index (κ2) is 9.43. The van der Waals surface area contributed by atoms with Crippen LogP contribution in [0.4, 0.5) is 0 Å².